The average molecular weight is 261 g/mol. The first kappa shape index (κ1) is 14.0. The summed E-state index contributed by atoms with van der Waals surface area (Å²) in [5, 5.41) is 3.39. The summed E-state index contributed by atoms with van der Waals surface area (Å²) in [5.74, 6) is -0.223. The molecule has 1 saturated heterocycles. The molecule has 3 N–H and O–H groups in total. The molecule has 104 valence electrons. The number of likely N-dealkylation sites (tertiary alicyclic amines) is 1. The molecule has 1 aromatic carbocycles. The summed E-state index contributed by atoms with van der Waals surface area (Å²) >= 11 is 0. The van der Waals surface area contributed by atoms with Crippen LogP contribution >= 0.6 is 0 Å². The topological polar surface area (TPSA) is 58.4 Å². The molecule has 0 spiro atoms. The molecule has 1 amide bonds. The quantitative estimate of drug-likeness (QED) is 0.835. The highest BCUT2D eigenvalue weighted by Gasteiger charge is 2.38. The van der Waals surface area contributed by atoms with Gasteiger partial charge in [-0.3, -0.25) is 10.1 Å². The van der Waals surface area contributed by atoms with Crippen LogP contribution in [0.15, 0.2) is 30.3 Å². The van der Waals surface area contributed by atoms with E-state index < -0.39 is 5.54 Å². The summed E-state index contributed by atoms with van der Waals surface area (Å²) in [4.78, 5) is 14.2. The van der Waals surface area contributed by atoms with Gasteiger partial charge in [-0.1, -0.05) is 37.3 Å². The Hall–Kier alpha value is -1.39. The number of nitrogens with two attached hydrogens (primary N) is 1. The second-order valence-corrected chi connectivity index (χ2v) is 5.22. The number of nitrogens with zero attached hydrogens (tertiary/aromatic N) is 1. The van der Waals surface area contributed by atoms with Crippen LogP contribution in [0.2, 0.25) is 0 Å². The first-order valence-corrected chi connectivity index (χ1v) is 6.97. The van der Waals surface area contributed by atoms with Crippen molar-refractivity contribution in [3.63, 3.8) is 0 Å². The number of benzene rings is 1. The van der Waals surface area contributed by atoms with E-state index in [4.69, 9.17) is 5.73 Å². The van der Waals surface area contributed by atoms with Gasteiger partial charge in [0.25, 0.3) is 0 Å². The second kappa shape index (κ2) is 6.17. The number of hydrogen-bond acceptors (Lipinski definition) is 3. The number of rotatable bonds is 5. The van der Waals surface area contributed by atoms with Crippen LogP contribution < -0.4 is 11.1 Å². The molecule has 0 bridgehead atoms. The third kappa shape index (κ3) is 3.33. The van der Waals surface area contributed by atoms with Crippen molar-refractivity contribution >= 4 is 5.91 Å². The van der Waals surface area contributed by atoms with Crippen LogP contribution in [0.3, 0.4) is 0 Å². The molecule has 1 fully saturated rings. The molecule has 0 saturated carbocycles. The van der Waals surface area contributed by atoms with Gasteiger partial charge in [0.2, 0.25) is 5.91 Å². The Morgan fingerprint density at radius 2 is 1.95 bits per heavy atom. The van der Waals surface area contributed by atoms with Crippen LogP contribution in [0, 0.1) is 0 Å². The Labute approximate surface area is 115 Å². The van der Waals surface area contributed by atoms with Crippen LogP contribution in [-0.4, -0.2) is 36.0 Å². The van der Waals surface area contributed by atoms with Crippen molar-refractivity contribution in [2.24, 2.45) is 5.73 Å². The molecular formula is C15H23N3O. The van der Waals surface area contributed by atoms with E-state index >= 15 is 0 Å². The maximum atomic E-state index is 11.8. The Bertz CT molecular complexity index is 411. The molecule has 1 aliphatic rings. The van der Waals surface area contributed by atoms with Gasteiger partial charge in [0.1, 0.15) is 5.54 Å². The molecule has 0 aromatic heterocycles. The van der Waals surface area contributed by atoms with E-state index in [1.54, 1.807) is 0 Å². The number of hydrogen-bond donors (Lipinski definition) is 2. The fraction of sp³-hybridized carbons (Fsp3) is 0.533. The zero-order valence-corrected chi connectivity index (χ0v) is 11.6. The van der Waals surface area contributed by atoms with Gasteiger partial charge in [-0.15, -0.1) is 0 Å². The molecule has 1 heterocycles. The highest BCUT2D eigenvalue weighted by atomic mass is 16.1. The number of primary amides is 1. The zero-order chi connectivity index (χ0) is 13.7. The monoisotopic (exact) mass is 261 g/mol. The van der Waals surface area contributed by atoms with Crippen molar-refractivity contribution < 1.29 is 4.79 Å². The van der Waals surface area contributed by atoms with Gasteiger partial charge in [-0.2, -0.15) is 0 Å². The van der Waals surface area contributed by atoms with E-state index in [0.717, 1.165) is 32.5 Å². The minimum absolute atomic E-state index is 0.223. The lowest BCUT2D eigenvalue weighted by molar-refractivity contribution is -0.126. The Morgan fingerprint density at radius 1 is 1.32 bits per heavy atom. The van der Waals surface area contributed by atoms with Gasteiger partial charge in [-0.05, 0) is 24.9 Å². The molecule has 2 rings (SSSR count). The first-order chi connectivity index (χ1) is 9.16. The summed E-state index contributed by atoms with van der Waals surface area (Å²) < 4.78 is 0. The van der Waals surface area contributed by atoms with Crippen LogP contribution in [0.1, 0.15) is 25.3 Å². The van der Waals surface area contributed by atoms with E-state index in [9.17, 15) is 4.79 Å². The SMILES string of the molecule is CCN1CCC(NCc2ccccc2)(C(N)=O)CC1. The van der Waals surface area contributed by atoms with E-state index in [1.165, 1.54) is 5.56 Å². The standard InChI is InChI=1S/C15H23N3O/c1-2-18-10-8-15(9-11-18,14(16)19)17-12-13-6-4-3-5-7-13/h3-7,17H,2,8-12H2,1H3,(H2,16,19). The smallest absolute Gasteiger partial charge is 0.237 e. The number of piperidine rings is 1. The lowest BCUT2D eigenvalue weighted by Crippen LogP contribution is -2.60. The molecule has 4 heteroatoms. The second-order valence-electron chi connectivity index (χ2n) is 5.22. The molecule has 1 aliphatic heterocycles. The maximum absolute atomic E-state index is 11.8. The summed E-state index contributed by atoms with van der Waals surface area (Å²) in [5.41, 5.74) is 6.27. The molecule has 19 heavy (non-hydrogen) atoms. The largest absolute Gasteiger partial charge is 0.368 e. The van der Waals surface area contributed by atoms with Gasteiger partial charge in [-0.25, -0.2) is 0 Å². The van der Waals surface area contributed by atoms with Crippen molar-refractivity contribution in [3.8, 4) is 0 Å². The van der Waals surface area contributed by atoms with Crippen molar-refractivity contribution in [2.75, 3.05) is 19.6 Å². The third-order valence-electron chi connectivity index (χ3n) is 4.10. The zero-order valence-electron chi connectivity index (χ0n) is 11.6. The van der Waals surface area contributed by atoms with Gasteiger partial charge >= 0.3 is 0 Å². The summed E-state index contributed by atoms with van der Waals surface area (Å²) in [7, 11) is 0. The molecule has 0 aliphatic carbocycles. The fourth-order valence-corrected chi connectivity index (χ4v) is 2.63. The summed E-state index contributed by atoms with van der Waals surface area (Å²) in [6.07, 6.45) is 1.59. The number of carbonyl (C=O) groups excluding carboxylic acids is 1. The van der Waals surface area contributed by atoms with Gasteiger partial charge in [0, 0.05) is 19.6 Å². The maximum Gasteiger partial charge on any atom is 0.237 e. The third-order valence-corrected chi connectivity index (χ3v) is 4.10. The van der Waals surface area contributed by atoms with Crippen LogP contribution in [0.25, 0.3) is 0 Å². The van der Waals surface area contributed by atoms with Crippen LogP contribution in [0.4, 0.5) is 0 Å². The minimum atomic E-state index is -0.540. The first-order valence-electron chi connectivity index (χ1n) is 6.97. The van der Waals surface area contributed by atoms with E-state index in [2.05, 4.69) is 29.3 Å². The van der Waals surface area contributed by atoms with Crippen LogP contribution in [-0.2, 0) is 11.3 Å². The van der Waals surface area contributed by atoms with Crippen LogP contribution in [0.5, 0.6) is 0 Å². The van der Waals surface area contributed by atoms with Gasteiger partial charge in [0.05, 0.1) is 0 Å². The predicted molar refractivity (Wildman–Crippen MR) is 76.6 cm³/mol. The van der Waals surface area contributed by atoms with Crippen molar-refractivity contribution in [1.29, 1.82) is 0 Å². The Kier molecular flexibility index (Phi) is 4.56. The van der Waals surface area contributed by atoms with E-state index in [1.807, 2.05) is 18.2 Å². The molecule has 0 radical (unpaired) electrons. The van der Waals surface area contributed by atoms with Crippen molar-refractivity contribution in [2.45, 2.75) is 31.8 Å². The number of nitrogens with one attached hydrogen (secondary N) is 1. The molecule has 1 aromatic rings. The Morgan fingerprint density at radius 3 is 2.47 bits per heavy atom. The minimum Gasteiger partial charge on any atom is -0.368 e. The molecule has 4 nitrogen and oxygen atoms in total. The highest BCUT2D eigenvalue weighted by molar-refractivity contribution is 5.84. The molecule has 0 atom stereocenters. The van der Waals surface area contributed by atoms with Crippen molar-refractivity contribution in [1.82, 2.24) is 10.2 Å². The lowest BCUT2D eigenvalue weighted by Gasteiger charge is -2.40. The lowest BCUT2D eigenvalue weighted by atomic mass is 9.86. The predicted octanol–water partition coefficient (Wildman–Crippen LogP) is 1.12. The summed E-state index contributed by atoms with van der Waals surface area (Å²) in [6, 6.07) is 10.1. The molecular weight excluding hydrogens is 238 g/mol. The summed E-state index contributed by atoms with van der Waals surface area (Å²) in [6.45, 7) is 5.74. The highest BCUT2D eigenvalue weighted by Crippen LogP contribution is 2.22. The van der Waals surface area contributed by atoms with E-state index in [-0.39, 0.29) is 5.91 Å². The number of amides is 1. The normalized spacial score (nSPS) is 19.2. The van der Waals surface area contributed by atoms with E-state index in [0.29, 0.717) is 6.54 Å². The number of carbonyl (C=O) groups is 1. The van der Waals surface area contributed by atoms with Crippen molar-refractivity contribution in [3.05, 3.63) is 35.9 Å². The Balaban J connectivity index is 1.99. The van der Waals surface area contributed by atoms with Gasteiger partial charge < -0.3 is 10.6 Å². The van der Waals surface area contributed by atoms with Gasteiger partial charge in [0.15, 0.2) is 0 Å². The average Bonchev–Trinajstić information content (AvgIpc) is 2.46. The fourth-order valence-electron chi connectivity index (χ4n) is 2.63. The molecule has 0 unspecified atom stereocenters.